The Kier molecular flexibility index (Phi) is 11.3. The number of aromatic nitrogens is 3. The molecule has 0 unspecified atom stereocenters. The maximum absolute atomic E-state index is 6.34. The van der Waals surface area contributed by atoms with Crippen LogP contribution in [0.2, 0.25) is 19.6 Å². The molecule has 3 heterocycles. The van der Waals surface area contributed by atoms with Gasteiger partial charge in [-0.3, -0.25) is 4.98 Å². The molecule has 0 aliphatic rings. The zero-order valence-corrected chi connectivity index (χ0v) is 36.2. The summed E-state index contributed by atoms with van der Waals surface area (Å²) in [4.78, 5) is 9.79. The molecule has 8 aromatic rings. The monoisotopic (exact) mass is 904 g/mol. The van der Waals surface area contributed by atoms with Gasteiger partial charge in [0.1, 0.15) is 5.58 Å². The van der Waals surface area contributed by atoms with Gasteiger partial charge in [-0.1, -0.05) is 132 Å². The molecule has 0 amide bonds. The second-order valence-corrected chi connectivity index (χ2v) is 21.6. The minimum Gasteiger partial charge on any atom is -0.501 e. The standard InChI is InChI=1S/C29H23N2O.C19H26NSi.Ir/c1-29(2,3)22-14-5-7-16-24(22)31-25-17-8-6-15-23(25)30-28(31)21-13-10-12-20-19-11-4-9-18-26(19)32-27(20)21;1-14(2)11-17-12-18(16-9-7-15(3)8-10-16)20-13-19(17)21(4,5)6;/h4-12,14-18H,1-3H3;7-9,12-14H,11H2,1-6H3;/q2*-1;. The normalized spacial score (nSPS) is 11.9. The third-order valence-electron chi connectivity index (χ3n) is 9.75. The Balaban J connectivity index is 0.000000198. The van der Waals surface area contributed by atoms with Crippen molar-refractivity contribution in [3.8, 4) is 28.3 Å². The van der Waals surface area contributed by atoms with Crippen molar-refractivity contribution in [2.45, 2.75) is 73.0 Å². The molecule has 0 aliphatic carbocycles. The van der Waals surface area contributed by atoms with E-state index in [1.165, 1.54) is 21.9 Å². The third-order valence-corrected chi connectivity index (χ3v) is 11.8. The minimum atomic E-state index is -1.35. The van der Waals surface area contributed by atoms with Gasteiger partial charge in [0.05, 0.1) is 30.5 Å². The van der Waals surface area contributed by atoms with Gasteiger partial charge in [-0.25, -0.2) is 0 Å². The molecule has 1 radical (unpaired) electrons. The fourth-order valence-corrected chi connectivity index (χ4v) is 8.78. The predicted octanol–water partition coefficient (Wildman–Crippen LogP) is 12.3. The van der Waals surface area contributed by atoms with Gasteiger partial charge >= 0.3 is 0 Å². The Bertz CT molecular complexity index is 2550. The fourth-order valence-electron chi connectivity index (χ4n) is 7.19. The van der Waals surface area contributed by atoms with Crippen molar-refractivity contribution in [2.75, 3.05) is 0 Å². The van der Waals surface area contributed by atoms with Crippen molar-refractivity contribution in [3.05, 3.63) is 144 Å². The zero-order chi connectivity index (χ0) is 37.5. The molecule has 5 aromatic carbocycles. The number of furan rings is 1. The van der Waals surface area contributed by atoms with Gasteiger partial charge in [0.2, 0.25) is 0 Å². The molecule has 54 heavy (non-hydrogen) atoms. The average molecular weight is 904 g/mol. The number of imidazole rings is 1. The number of aryl methyl sites for hydroxylation is 1. The quantitative estimate of drug-likeness (QED) is 0.123. The van der Waals surface area contributed by atoms with Crippen LogP contribution in [0.1, 0.15) is 51.3 Å². The van der Waals surface area contributed by atoms with Gasteiger partial charge in [-0.05, 0) is 58.5 Å². The van der Waals surface area contributed by atoms with E-state index in [0.29, 0.717) is 5.92 Å². The van der Waals surface area contributed by atoms with Gasteiger partial charge in [0, 0.05) is 37.4 Å². The van der Waals surface area contributed by atoms with Crippen molar-refractivity contribution < 1.29 is 24.5 Å². The SMILES string of the molecule is CC(C)(C)c1ccccc1-n1c(-c2[c-]ccc3c2oc2ccccc23)nc2ccccc21.Cc1c[c-]c(-c2cc(CC(C)C)c([Si](C)(C)C)cn2)cc1.[Ir]. The Morgan fingerprint density at radius 1 is 0.833 bits per heavy atom. The maximum Gasteiger partial charge on any atom is 0.120 e. The summed E-state index contributed by atoms with van der Waals surface area (Å²) in [5.41, 5.74) is 11.8. The number of hydrogen-bond acceptors (Lipinski definition) is 3. The smallest absolute Gasteiger partial charge is 0.120 e. The van der Waals surface area contributed by atoms with E-state index in [1.54, 1.807) is 0 Å². The molecule has 0 fully saturated rings. The topological polar surface area (TPSA) is 43.9 Å². The van der Waals surface area contributed by atoms with E-state index >= 15 is 0 Å². The van der Waals surface area contributed by atoms with Crippen LogP contribution in [0.3, 0.4) is 0 Å². The van der Waals surface area contributed by atoms with E-state index in [0.717, 1.165) is 67.7 Å². The molecule has 8 rings (SSSR count). The number of fused-ring (bicyclic) bond motifs is 4. The zero-order valence-electron chi connectivity index (χ0n) is 32.8. The third kappa shape index (κ3) is 7.93. The molecule has 0 N–H and O–H groups in total. The van der Waals surface area contributed by atoms with E-state index in [-0.39, 0.29) is 25.5 Å². The summed E-state index contributed by atoms with van der Waals surface area (Å²) >= 11 is 0. The summed E-state index contributed by atoms with van der Waals surface area (Å²) in [7, 11) is -1.35. The van der Waals surface area contributed by atoms with Crippen LogP contribution < -0.4 is 5.19 Å². The van der Waals surface area contributed by atoms with Crippen molar-refractivity contribution in [1.29, 1.82) is 0 Å². The van der Waals surface area contributed by atoms with Crippen LogP contribution in [0.25, 0.3) is 61.3 Å². The first-order valence-electron chi connectivity index (χ1n) is 18.7. The number of benzene rings is 5. The number of nitrogens with zero attached hydrogens (tertiary/aromatic N) is 3. The molecule has 6 heteroatoms. The Hall–Kier alpha value is -4.61. The van der Waals surface area contributed by atoms with Gasteiger partial charge in [0.25, 0.3) is 0 Å². The van der Waals surface area contributed by atoms with E-state index < -0.39 is 8.07 Å². The molecule has 0 aliphatic heterocycles. The molecule has 0 saturated heterocycles. The minimum absolute atomic E-state index is 0. The van der Waals surface area contributed by atoms with E-state index in [1.807, 2.05) is 36.4 Å². The Morgan fingerprint density at radius 3 is 2.28 bits per heavy atom. The van der Waals surface area contributed by atoms with Crippen molar-refractivity contribution in [2.24, 2.45) is 5.92 Å². The maximum atomic E-state index is 6.34. The van der Waals surface area contributed by atoms with Gasteiger partial charge < -0.3 is 14.0 Å². The van der Waals surface area contributed by atoms with Crippen LogP contribution in [-0.4, -0.2) is 22.6 Å². The van der Waals surface area contributed by atoms with E-state index in [9.17, 15) is 0 Å². The molecule has 277 valence electrons. The van der Waals surface area contributed by atoms with Crippen LogP contribution in [-0.2, 0) is 31.9 Å². The molecule has 0 spiro atoms. The van der Waals surface area contributed by atoms with Gasteiger partial charge in [-0.15, -0.1) is 53.6 Å². The van der Waals surface area contributed by atoms with Crippen LogP contribution in [0.4, 0.5) is 0 Å². The molecule has 0 atom stereocenters. The molecule has 4 nitrogen and oxygen atoms in total. The van der Waals surface area contributed by atoms with Crippen molar-refractivity contribution in [1.82, 2.24) is 14.5 Å². The summed E-state index contributed by atoms with van der Waals surface area (Å²) in [6.07, 6.45) is 3.24. The predicted molar refractivity (Wildman–Crippen MR) is 226 cm³/mol. The van der Waals surface area contributed by atoms with Crippen molar-refractivity contribution in [3.63, 3.8) is 0 Å². The van der Waals surface area contributed by atoms with E-state index in [4.69, 9.17) is 14.4 Å². The van der Waals surface area contributed by atoms with Gasteiger partial charge in [0.15, 0.2) is 0 Å². The molecular formula is C48H49IrN3OSi-2. The Labute approximate surface area is 335 Å². The average Bonchev–Trinajstić information content (AvgIpc) is 3.70. The molecule has 0 saturated carbocycles. The second kappa shape index (κ2) is 15.6. The van der Waals surface area contributed by atoms with E-state index in [2.05, 4.69) is 157 Å². The Morgan fingerprint density at radius 2 is 1.56 bits per heavy atom. The fraction of sp³-hybridized carbons (Fsp3) is 0.250. The number of pyridine rings is 1. The molecule has 0 bridgehead atoms. The summed E-state index contributed by atoms with van der Waals surface area (Å²) < 4.78 is 8.60. The number of hydrogen-bond donors (Lipinski definition) is 0. The summed E-state index contributed by atoms with van der Waals surface area (Å²) in [6.45, 7) is 20.6. The summed E-state index contributed by atoms with van der Waals surface area (Å²) in [5.74, 6) is 1.50. The van der Waals surface area contributed by atoms with Crippen LogP contribution in [0, 0.1) is 25.0 Å². The second-order valence-electron chi connectivity index (χ2n) is 16.6. The van der Waals surface area contributed by atoms with Crippen LogP contribution in [0.5, 0.6) is 0 Å². The summed E-state index contributed by atoms with van der Waals surface area (Å²) in [6, 6.07) is 44.4. The largest absolute Gasteiger partial charge is 0.501 e. The van der Waals surface area contributed by atoms with Crippen molar-refractivity contribution >= 4 is 46.2 Å². The van der Waals surface area contributed by atoms with Gasteiger partial charge in [-0.2, -0.15) is 0 Å². The first-order valence-corrected chi connectivity index (χ1v) is 22.2. The number of para-hydroxylation sites is 4. The van der Waals surface area contributed by atoms with Crippen LogP contribution in [0.15, 0.2) is 120 Å². The first kappa shape index (κ1) is 39.1. The first-order chi connectivity index (χ1) is 25.3. The van der Waals surface area contributed by atoms with Crippen LogP contribution >= 0.6 is 0 Å². The number of rotatable bonds is 6. The molecule has 3 aromatic heterocycles. The molecular weight excluding hydrogens is 855 g/mol. The summed E-state index contributed by atoms with van der Waals surface area (Å²) in [5, 5.41) is 3.68.